The number of thiazole rings is 1. The maximum atomic E-state index is 12.0. The van der Waals surface area contributed by atoms with Gasteiger partial charge in [0, 0.05) is 18.1 Å². The van der Waals surface area contributed by atoms with E-state index in [1.165, 1.54) is 23.1 Å². The molecule has 0 unspecified atom stereocenters. The minimum absolute atomic E-state index is 0.118. The fraction of sp³-hybridized carbons (Fsp3) is 0.250. The Morgan fingerprint density at radius 1 is 1.32 bits per heavy atom. The molecule has 9 heteroatoms. The molecule has 0 aliphatic carbocycles. The first-order chi connectivity index (χ1) is 12.3. The molecule has 3 rings (SSSR count). The van der Waals surface area contributed by atoms with Gasteiger partial charge in [-0.2, -0.15) is 0 Å². The van der Waals surface area contributed by atoms with Crippen LogP contribution in [0.15, 0.2) is 47.1 Å². The van der Waals surface area contributed by atoms with E-state index in [0.29, 0.717) is 23.4 Å². The summed E-state index contributed by atoms with van der Waals surface area (Å²) < 4.78 is 7.67. The first kappa shape index (κ1) is 17.4. The van der Waals surface area contributed by atoms with Crippen molar-refractivity contribution >= 4 is 34.1 Å². The molecule has 2 aromatic heterocycles. The van der Waals surface area contributed by atoms with Gasteiger partial charge in [-0.15, -0.1) is 21.5 Å². The van der Waals surface area contributed by atoms with Gasteiger partial charge >= 0.3 is 0 Å². The van der Waals surface area contributed by atoms with Crippen LogP contribution in [0, 0.1) is 0 Å². The Labute approximate surface area is 153 Å². The van der Waals surface area contributed by atoms with Crippen LogP contribution in [0.25, 0.3) is 0 Å². The Morgan fingerprint density at radius 2 is 2.16 bits per heavy atom. The number of thioether (sulfide) groups is 1. The van der Waals surface area contributed by atoms with Crippen LogP contribution in [0.3, 0.4) is 0 Å². The predicted octanol–water partition coefficient (Wildman–Crippen LogP) is 3.06. The van der Waals surface area contributed by atoms with E-state index in [9.17, 15) is 4.79 Å². The molecule has 0 bridgehead atoms. The van der Waals surface area contributed by atoms with Gasteiger partial charge in [0.2, 0.25) is 5.91 Å². The molecule has 0 radical (unpaired) electrons. The monoisotopic (exact) mass is 375 g/mol. The minimum atomic E-state index is -0.118. The van der Waals surface area contributed by atoms with Crippen LogP contribution in [0.1, 0.15) is 12.7 Å². The number of anilines is 1. The lowest BCUT2D eigenvalue weighted by molar-refractivity contribution is -0.113. The Morgan fingerprint density at radius 3 is 2.88 bits per heavy atom. The van der Waals surface area contributed by atoms with E-state index in [2.05, 4.69) is 20.5 Å². The summed E-state index contributed by atoms with van der Waals surface area (Å²) in [4.78, 5) is 16.0. The van der Waals surface area contributed by atoms with Crippen LogP contribution >= 0.6 is 23.1 Å². The third-order valence-corrected chi connectivity index (χ3v) is 4.89. The zero-order valence-electron chi connectivity index (χ0n) is 13.6. The molecule has 0 saturated carbocycles. The van der Waals surface area contributed by atoms with E-state index >= 15 is 0 Å². The van der Waals surface area contributed by atoms with Crippen LogP contribution in [-0.2, 0) is 17.9 Å². The highest BCUT2D eigenvalue weighted by atomic mass is 32.2. The molecule has 0 aliphatic heterocycles. The topological polar surface area (TPSA) is 81.9 Å². The highest BCUT2D eigenvalue weighted by molar-refractivity contribution is 7.99. The van der Waals surface area contributed by atoms with Crippen molar-refractivity contribution in [1.82, 2.24) is 19.7 Å². The molecule has 7 nitrogen and oxygen atoms in total. The van der Waals surface area contributed by atoms with Gasteiger partial charge in [0.15, 0.2) is 16.1 Å². The maximum absolute atomic E-state index is 12.0. The zero-order chi connectivity index (χ0) is 17.5. The van der Waals surface area contributed by atoms with Gasteiger partial charge in [-0.05, 0) is 19.1 Å². The van der Waals surface area contributed by atoms with Crippen molar-refractivity contribution in [3.8, 4) is 5.75 Å². The van der Waals surface area contributed by atoms with Crippen molar-refractivity contribution in [3.05, 3.63) is 47.7 Å². The quantitative estimate of drug-likeness (QED) is 0.610. The summed E-state index contributed by atoms with van der Waals surface area (Å²) >= 11 is 2.73. The number of carbonyl (C=O) groups excluding carboxylic acids is 1. The number of ether oxygens (including phenoxy) is 1. The van der Waals surface area contributed by atoms with Crippen LogP contribution < -0.4 is 10.1 Å². The first-order valence-electron chi connectivity index (χ1n) is 7.68. The highest BCUT2D eigenvalue weighted by Crippen LogP contribution is 2.19. The smallest absolute Gasteiger partial charge is 0.236 e. The van der Waals surface area contributed by atoms with Gasteiger partial charge in [0.25, 0.3) is 0 Å². The molecule has 3 aromatic rings. The average Bonchev–Trinajstić information content (AvgIpc) is 3.28. The Balaban J connectivity index is 1.56. The molecule has 1 N–H and O–H groups in total. The highest BCUT2D eigenvalue weighted by Gasteiger charge is 2.14. The molecule has 0 aliphatic rings. The zero-order valence-corrected chi connectivity index (χ0v) is 15.2. The van der Waals surface area contributed by atoms with E-state index in [-0.39, 0.29) is 11.7 Å². The number of nitrogens with zero attached hydrogens (tertiary/aromatic N) is 4. The van der Waals surface area contributed by atoms with Gasteiger partial charge in [-0.25, -0.2) is 4.98 Å². The molecule has 0 spiro atoms. The minimum Gasteiger partial charge on any atom is -0.486 e. The maximum Gasteiger partial charge on any atom is 0.236 e. The van der Waals surface area contributed by atoms with Crippen LogP contribution in [0.4, 0.5) is 5.13 Å². The second-order valence-electron chi connectivity index (χ2n) is 4.92. The lowest BCUT2D eigenvalue weighted by atomic mass is 10.3. The third kappa shape index (κ3) is 4.80. The Bertz CT molecular complexity index is 805. The lowest BCUT2D eigenvalue weighted by Crippen LogP contribution is -2.14. The van der Waals surface area contributed by atoms with Gasteiger partial charge < -0.3 is 14.6 Å². The summed E-state index contributed by atoms with van der Waals surface area (Å²) in [7, 11) is 0. The number of para-hydroxylation sites is 1. The van der Waals surface area contributed by atoms with E-state index in [0.717, 1.165) is 11.6 Å². The largest absolute Gasteiger partial charge is 0.486 e. The molecule has 1 amide bonds. The predicted molar refractivity (Wildman–Crippen MR) is 97.9 cm³/mol. The molecule has 2 heterocycles. The number of nitrogens with one attached hydrogen (secondary N) is 1. The SMILES string of the molecule is CCn1c(COc2ccccc2)nnc1SCC(=O)Nc1nccs1. The normalized spacial score (nSPS) is 10.6. The number of hydrogen-bond acceptors (Lipinski definition) is 7. The molecular weight excluding hydrogens is 358 g/mol. The van der Waals surface area contributed by atoms with Crippen molar-refractivity contribution in [1.29, 1.82) is 0 Å². The van der Waals surface area contributed by atoms with Crippen LogP contribution in [0.5, 0.6) is 5.75 Å². The van der Waals surface area contributed by atoms with Gasteiger partial charge in [-0.3, -0.25) is 4.79 Å². The van der Waals surface area contributed by atoms with E-state index in [4.69, 9.17) is 4.74 Å². The van der Waals surface area contributed by atoms with Crippen molar-refractivity contribution in [2.75, 3.05) is 11.1 Å². The number of hydrogen-bond donors (Lipinski definition) is 1. The molecule has 0 saturated heterocycles. The van der Waals surface area contributed by atoms with Crippen molar-refractivity contribution < 1.29 is 9.53 Å². The van der Waals surface area contributed by atoms with Gasteiger partial charge in [0.1, 0.15) is 12.4 Å². The molecule has 1 aromatic carbocycles. The standard InChI is InChI=1S/C16H17N5O2S2/c1-2-21-13(10-23-12-6-4-3-5-7-12)19-20-16(21)25-11-14(22)18-15-17-8-9-24-15/h3-9H,2,10-11H2,1H3,(H,17,18,22). The summed E-state index contributed by atoms with van der Waals surface area (Å²) in [6.07, 6.45) is 1.65. The van der Waals surface area contributed by atoms with Crippen molar-refractivity contribution in [3.63, 3.8) is 0 Å². The van der Waals surface area contributed by atoms with Gasteiger partial charge in [0.05, 0.1) is 5.75 Å². The third-order valence-electron chi connectivity index (χ3n) is 3.23. The number of aromatic nitrogens is 4. The number of benzene rings is 1. The van der Waals surface area contributed by atoms with Crippen molar-refractivity contribution in [2.24, 2.45) is 0 Å². The van der Waals surface area contributed by atoms with Crippen LogP contribution in [0.2, 0.25) is 0 Å². The van der Waals surface area contributed by atoms with E-state index in [1.807, 2.05) is 47.2 Å². The number of carbonyl (C=O) groups is 1. The van der Waals surface area contributed by atoms with Crippen molar-refractivity contribution in [2.45, 2.75) is 25.2 Å². The molecule has 0 fully saturated rings. The fourth-order valence-corrected chi connectivity index (χ4v) is 3.45. The fourth-order valence-electron chi connectivity index (χ4n) is 2.09. The molecule has 25 heavy (non-hydrogen) atoms. The average molecular weight is 375 g/mol. The summed E-state index contributed by atoms with van der Waals surface area (Å²) in [5.74, 6) is 1.64. The number of rotatable bonds is 8. The van der Waals surface area contributed by atoms with Gasteiger partial charge in [-0.1, -0.05) is 30.0 Å². The second kappa shape index (κ2) is 8.63. The molecular formula is C16H17N5O2S2. The Hall–Kier alpha value is -2.39. The summed E-state index contributed by atoms with van der Waals surface area (Å²) in [6, 6.07) is 9.56. The molecule has 0 atom stereocenters. The Kier molecular flexibility index (Phi) is 6.02. The summed E-state index contributed by atoms with van der Waals surface area (Å²) in [5.41, 5.74) is 0. The summed E-state index contributed by atoms with van der Waals surface area (Å²) in [5, 5.41) is 14.2. The number of amides is 1. The summed E-state index contributed by atoms with van der Waals surface area (Å²) in [6.45, 7) is 3.04. The first-order valence-corrected chi connectivity index (χ1v) is 9.55. The lowest BCUT2D eigenvalue weighted by Gasteiger charge is -2.08. The second-order valence-corrected chi connectivity index (χ2v) is 6.76. The molecule has 130 valence electrons. The van der Waals surface area contributed by atoms with E-state index < -0.39 is 0 Å². The van der Waals surface area contributed by atoms with E-state index in [1.54, 1.807) is 6.20 Å². The van der Waals surface area contributed by atoms with Crippen LogP contribution in [-0.4, -0.2) is 31.4 Å².